The van der Waals surface area contributed by atoms with Crippen LogP contribution in [0.4, 0.5) is 0 Å². The van der Waals surface area contributed by atoms with Gasteiger partial charge in [-0.1, -0.05) is 41.9 Å². The van der Waals surface area contributed by atoms with Gasteiger partial charge in [-0.05, 0) is 5.56 Å². The second kappa shape index (κ2) is 6.41. The Morgan fingerprint density at radius 3 is 2.62 bits per heavy atom. The van der Waals surface area contributed by atoms with Crippen LogP contribution >= 0.6 is 11.6 Å². The van der Waals surface area contributed by atoms with E-state index in [2.05, 4.69) is 4.98 Å². The Morgan fingerprint density at radius 2 is 2.00 bits per heavy atom. The molecule has 0 fully saturated rings. The number of halogens is 1. The Kier molecular flexibility index (Phi) is 4.59. The predicted octanol–water partition coefficient (Wildman–Crippen LogP) is 1.15. The molecule has 0 radical (unpaired) electrons. The molecule has 1 N–H and O–H groups in total. The van der Waals surface area contributed by atoms with Gasteiger partial charge in [-0.3, -0.25) is 19.1 Å². The predicted molar refractivity (Wildman–Crippen MR) is 77.5 cm³/mol. The smallest absolute Gasteiger partial charge is 0.328 e. The molecular formula is C14H13ClN2O4. The van der Waals surface area contributed by atoms with Crippen molar-refractivity contribution in [1.82, 2.24) is 9.55 Å². The van der Waals surface area contributed by atoms with Crippen molar-refractivity contribution in [2.24, 2.45) is 0 Å². The normalized spacial score (nSPS) is 11.9. The average molecular weight is 309 g/mol. The van der Waals surface area contributed by atoms with Gasteiger partial charge in [0.15, 0.2) is 0 Å². The Bertz CT molecular complexity index is 752. The fourth-order valence-electron chi connectivity index (χ4n) is 1.96. The van der Waals surface area contributed by atoms with Crippen LogP contribution in [0, 0.1) is 0 Å². The molecular weight excluding hydrogens is 296 g/mol. The average Bonchev–Trinajstić information content (AvgIpc) is 2.49. The van der Waals surface area contributed by atoms with E-state index < -0.39 is 23.1 Å². The van der Waals surface area contributed by atoms with Gasteiger partial charge >= 0.3 is 11.7 Å². The maximum atomic E-state index is 11.9. The number of benzene rings is 1. The number of ether oxygens (including phenoxy) is 1. The second-order valence-electron chi connectivity index (χ2n) is 4.38. The van der Waals surface area contributed by atoms with Crippen molar-refractivity contribution in [3.8, 4) is 0 Å². The Morgan fingerprint density at radius 1 is 1.33 bits per heavy atom. The summed E-state index contributed by atoms with van der Waals surface area (Å²) in [6.07, 6.45) is 1.21. The van der Waals surface area contributed by atoms with E-state index in [1.807, 2.05) is 6.07 Å². The van der Waals surface area contributed by atoms with Gasteiger partial charge in [-0.2, -0.15) is 0 Å². The number of aromatic nitrogens is 2. The van der Waals surface area contributed by atoms with Crippen LogP contribution in [-0.4, -0.2) is 22.6 Å². The number of methoxy groups -OCH3 is 1. The lowest BCUT2D eigenvalue weighted by Gasteiger charge is -2.16. The summed E-state index contributed by atoms with van der Waals surface area (Å²) >= 11 is 5.71. The fourth-order valence-corrected chi connectivity index (χ4v) is 2.12. The molecule has 1 atom stereocenters. The van der Waals surface area contributed by atoms with Crippen LogP contribution in [0.25, 0.3) is 0 Å². The van der Waals surface area contributed by atoms with Crippen LogP contribution in [0.3, 0.4) is 0 Å². The summed E-state index contributed by atoms with van der Waals surface area (Å²) < 4.78 is 5.95. The third-order valence-corrected chi connectivity index (χ3v) is 3.30. The molecule has 1 aromatic carbocycles. The standard InChI is InChI=1S/C14H13ClN2O4/c1-21-13(19)10(9-5-3-2-4-6-9)7-17-8-11(15)12(18)16-14(17)20/h2-6,8,10H,7H2,1H3,(H,16,18,20). The quantitative estimate of drug-likeness (QED) is 0.859. The van der Waals surface area contributed by atoms with Crippen LogP contribution in [0.5, 0.6) is 0 Å². The number of carbonyl (C=O) groups excluding carboxylic acids is 1. The summed E-state index contributed by atoms with van der Waals surface area (Å²) in [5.74, 6) is -1.15. The van der Waals surface area contributed by atoms with E-state index in [1.165, 1.54) is 17.9 Å². The zero-order valence-electron chi connectivity index (χ0n) is 11.2. The van der Waals surface area contributed by atoms with Crippen molar-refractivity contribution in [2.45, 2.75) is 12.5 Å². The minimum atomic E-state index is -0.670. The number of aromatic amines is 1. The van der Waals surface area contributed by atoms with Gasteiger partial charge < -0.3 is 4.74 Å². The van der Waals surface area contributed by atoms with Gasteiger partial charge in [0.05, 0.1) is 13.0 Å². The maximum absolute atomic E-state index is 11.9. The molecule has 21 heavy (non-hydrogen) atoms. The van der Waals surface area contributed by atoms with E-state index in [4.69, 9.17) is 16.3 Å². The summed E-state index contributed by atoms with van der Waals surface area (Å²) in [7, 11) is 1.28. The Balaban J connectivity index is 2.41. The summed E-state index contributed by atoms with van der Waals surface area (Å²) in [5, 5.41) is -0.119. The van der Waals surface area contributed by atoms with Crippen molar-refractivity contribution in [2.75, 3.05) is 7.11 Å². The number of H-pyrrole nitrogens is 1. The number of nitrogens with zero attached hydrogens (tertiary/aromatic N) is 1. The van der Waals surface area contributed by atoms with Gasteiger partial charge in [0.25, 0.3) is 5.56 Å². The molecule has 0 saturated heterocycles. The van der Waals surface area contributed by atoms with Crippen LogP contribution < -0.4 is 11.2 Å². The Labute approximate surface area is 124 Å². The summed E-state index contributed by atoms with van der Waals surface area (Å²) in [6.45, 7) is 0.0199. The van der Waals surface area contributed by atoms with E-state index in [9.17, 15) is 14.4 Å². The first-order chi connectivity index (χ1) is 10.0. The van der Waals surface area contributed by atoms with Crippen molar-refractivity contribution < 1.29 is 9.53 Å². The van der Waals surface area contributed by atoms with E-state index in [0.29, 0.717) is 5.56 Å². The number of rotatable bonds is 4. The molecule has 0 aliphatic rings. The highest BCUT2D eigenvalue weighted by Gasteiger charge is 2.22. The minimum Gasteiger partial charge on any atom is -0.468 e. The molecule has 0 aliphatic carbocycles. The highest BCUT2D eigenvalue weighted by atomic mass is 35.5. The first-order valence-electron chi connectivity index (χ1n) is 6.15. The molecule has 0 bridgehead atoms. The lowest BCUT2D eigenvalue weighted by atomic mass is 9.99. The van der Waals surface area contributed by atoms with Gasteiger partial charge in [-0.25, -0.2) is 4.79 Å². The lowest BCUT2D eigenvalue weighted by Crippen LogP contribution is -2.33. The summed E-state index contributed by atoms with van der Waals surface area (Å²) in [5.41, 5.74) is -0.583. The third-order valence-electron chi connectivity index (χ3n) is 3.03. The van der Waals surface area contributed by atoms with Gasteiger partial charge in [-0.15, -0.1) is 0 Å². The van der Waals surface area contributed by atoms with Crippen molar-refractivity contribution in [3.63, 3.8) is 0 Å². The largest absolute Gasteiger partial charge is 0.468 e. The first kappa shape index (κ1) is 15.1. The fraction of sp³-hybridized carbons (Fsp3) is 0.214. The second-order valence-corrected chi connectivity index (χ2v) is 4.78. The minimum absolute atomic E-state index is 0.0199. The third kappa shape index (κ3) is 3.41. The van der Waals surface area contributed by atoms with Crippen molar-refractivity contribution >= 4 is 17.6 Å². The highest BCUT2D eigenvalue weighted by molar-refractivity contribution is 6.30. The molecule has 6 nitrogen and oxygen atoms in total. The molecule has 0 aliphatic heterocycles. The maximum Gasteiger partial charge on any atom is 0.328 e. The first-order valence-corrected chi connectivity index (χ1v) is 6.52. The number of esters is 1. The zero-order valence-corrected chi connectivity index (χ0v) is 12.0. The molecule has 0 saturated carbocycles. The molecule has 7 heteroatoms. The van der Waals surface area contributed by atoms with Crippen LogP contribution in [-0.2, 0) is 16.1 Å². The summed E-state index contributed by atoms with van der Waals surface area (Å²) in [4.78, 5) is 37.0. The number of hydrogen-bond donors (Lipinski definition) is 1. The van der Waals surface area contributed by atoms with Crippen molar-refractivity contribution in [3.05, 3.63) is 68.0 Å². The molecule has 110 valence electrons. The highest BCUT2D eigenvalue weighted by Crippen LogP contribution is 2.19. The lowest BCUT2D eigenvalue weighted by molar-refractivity contribution is -0.142. The number of nitrogens with one attached hydrogen (secondary N) is 1. The molecule has 0 spiro atoms. The molecule has 2 aromatic rings. The van der Waals surface area contributed by atoms with Crippen LogP contribution in [0.15, 0.2) is 46.1 Å². The van der Waals surface area contributed by atoms with Crippen LogP contribution in [0.1, 0.15) is 11.5 Å². The topological polar surface area (TPSA) is 81.2 Å². The monoisotopic (exact) mass is 308 g/mol. The molecule has 1 aromatic heterocycles. The molecule has 1 unspecified atom stereocenters. The summed E-state index contributed by atoms with van der Waals surface area (Å²) in [6, 6.07) is 8.92. The van der Waals surface area contributed by atoms with E-state index >= 15 is 0 Å². The Hall–Kier alpha value is -2.34. The SMILES string of the molecule is COC(=O)C(Cn1cc(Cl)c(=O)[nH]c1=O)c1ccccc1. The van der Waals surface area contributed by atoms with Crippen molar-refractivity contribution in [1.29, 1.82) is 0 Å². The van der Waals surface area contributed by atoms with Gasteiger partial charge in [0.2, 0.25) is 0 Å². The van der Waals surface area contributed by atoms with Crippen LogP contribution in [0.2, 0.25) is 5.02 Å². The van der Waals surface area contributed by atoms with Gasteiger partial charge in [0, 0.05) is 12.7 Å². The molecule has 0 amide bonds. The van der Waals surface area contributed by atoms with E-state index in [1.54, 1.807) is 24.3 Å². The zero-order chi connectivity index (χ0) is 15.4. The van der Waals surface area contributed by atoms with E-state index in [-0.39, 0.29) is 11.6 Å². The van der Waals surface area contributed by atoms with Gasteiger partial charge in [0.1, 0.15) is 5.02 Å². The van der Waals surface area contributed by atoms with E-state index in [0.717, 1.165) is 0 Å². The molecule has 2 rings (SSSR count). The number of hydrogen-bond acceptors (Lipinski definition) is 4. The number of carbonyl (C=O) groups is 1. The molecule has 1 heterocycles.